The van der Waals surface area contributed by atoms with Gasteiger partial charge in [-0.2, -0.15) is 4.98 Å². The molecule has 1 aromatic heterocycles. The fraction of sp³-hybridized carbons (Fsp3) is 0.800. The van der Waals surface area contributed by atoms with Gasteiger partial charge in [0.2, 0.25) is 11.8 Å². The van der Waals surface area contributed by atoms with Gasteiger partial charge in [0.15, 0.2) is 5.82 Å². The van der Waals surface area contributed by atoms with Gasteiger partial charge in [-0.05, 0) is 12.8 Å². The third kappa shape index (κ3) is 3.43. The molecule has 2 heterocycles. The molecule has 6 heteroatoms. The molecule has 6 nitrogen and oxygen atoms in total. The second-order valence-electron chi connectivity index (χ2n) is 5.93. The van der Waals surface area contributed by atoms with E-state index in [0.717, 1.165) is 0 Å². The zero-order chi connectivity index (χ0) is 14.7. The summed E-state index contributed by atoms with van der Waals surface area (Å²) < 4.78 is 11.1. The Balaban J connectivity index is 1.41. The highest BCUT2D eigenvalue weighted by Crippen LogP contribution is 2.26. The molecule has 116 valence electrons. The average Bonchev–Trinajstić information content (AvgIpc) is 3.09. The number of ether oxygens (including phenoxy) is 1. The fourth-order valence-corrected chi connectivity index (χ4v) is 2.97. The van der Waals surface area contributed by atoms with Crippen molar-refractivity contribution in [3.05, 3.63) is 11.7 Å². The van der Waals surface area contributed by atoms with E-state index in [1.807, 2.05) is 11.8 Å². The van der Waals surface area contributed by atoms with Crippen LogP contribution in [-0.4, -0.2) is 46.7 Å². The molecule has 1 aromatic rings. The van der Waals surface area contributed by atoms with Gasteiger partial charge >= 0.3 is 0 Å². The maximum absolute atomic E-state index is 11.5. The van der Waals surface area contributed by atoms with Gasteiger partial charge in [0.1, 0.15) is 0 Å². The number of likely N-dealkylation sites (tertiary alicyclic amines) is 1. The number of nitrogens with zero attached hydrogens (tertiary/aromatic N) is 3. The van der Waals surface area contributed by atoms with Crippen LogP contribution in [0.2, 0.25) is 0 Å². The first-order valence-electron chi connectivity index (χ1n) is 7.98. The topological polar surface area (TPSA) is 68.5 Å². The van der Waals surface area contributed by atoms with E-state index in [9.17, 15) is 4.79 Å². The average molecular weight is 293 g/mol. The summed E-state index contributed by atoms with van der Waals surface area (Å²) in [5, 5.41) is 4.00. The molecule has 0 atom stereocenters. The van der Waals surface area contributed by atoms with Gasteiger partial charge in [0.05, 0.1) is 18.6 Å². The smallest absolute Gasteiger partial charge is 0.233 e. The van der Waals surface area contributed by atoms with Crippen molar-refractivity contribution in [3.63, 3.8) is 0 Å². The molecule has 0 unspecified atom stereocenters. The Labute approximate surface area is 124 Å². The lowest BCUT2D eigenvalue weighted by molar-refractivity contribution is -0.135. The van der Waals surface area contributed by atoms with Crippen LogP contribution in [0.25, 0.3) is 0 Å². The third-order valence-corrected chi connectivity index (χ3v) is 4.35. The standard InChI is InChI=1S/C15H23N3O3/c1-2-14(19)18-9-11(10-18)15-16-13(17-21-15)7-8-20-12-5-3-4-6-12/h11-12H,2-10H2,1H3. The Kier molecular flexibility index (Phi) is 4.53. The van der Waals surface area contributed by atoms with E-state index in [1.54, 1.807) is 0 Å². The molecule has 0 aromatic carbocycles. The summed E-state index contributed by atoms with van der Waals surface area (Å²) >= 11 is 0. The van der Waals surface area contributed by atoms with Crippen LogP contribution in [0.1, 0.15) is 56.7 Å². The van der Waals surface area contributed by atoms with Crippen LogP contribution >= 0.6 is 0 Å². The summed E-state index contributed by atoms with van der Waals surface area (Å²) in [5.41, 5.74) is 0. The molecule has 0 radical (unpaired) electrons. The van der Waals surface area contributed by atoms with E-state index in [-0.39, 0.29) is 11.8 Å². The second-order valence-corrected chi connectivity index (χ2v) is 5.93. The molecule has 1 amide bonds. The molecule has 1 saturated heterocycles. The number of amides is 1. The molecule has 0 spiro atoms. The van der Waals surface area contributed by atoms with Crippen molar-refractivity contribution in [3.8, 4) is 0 Å². The van der Waals surface area contributed by atoms with E-state index < -0.39 is 0 Å². The third-order valence-electron chi connectivity index (χ3n) is 4.35. The predicted octanol–water partition coefficient (Wildman–Crippen LogP) is 1.91. The van der Waals surface area contributed by atoms with Gasteiger partial charge in [-0.15, -0.1) is 0 Å². The molecule has 1 aliphatic carbocycles. The molecular weight excluding hydrogens is 270 g/mol. The van der Waals surface area contributed by atoms with Crippen molar-refractivity contribution in [2.24, 2.45) is 0 Å². The van der Waals surface area contributed by atoms with E-state index in [4.69, 9.17) is 9.26 Å². The number of carbonyl (C=O) groups is 1. The van der Waals surface area contributed by atoms with E-state index in [2.05, 4.69) is 10.1 Å². The Morgan fingerprint density at radius 1 is 1.38 bits per heavy atom. The minimum absolute atomic E-state index is 0.191. The normalized spacial score (nSPS) is 20.0. The summed E-state index contributed by atoms with van der Waals surface area (Å²) in [6, 6.07) is 0. The molecule has 3 rings (SSSR count). The first-order chi connectivity index (χ1) is 10.3. The Bertz CT molecular complexity index is 476. The number of hydrogen-bond donors (Lipinski definition) is 0. The number of hydrogen-bond acceptors (Lipinski definition) is 5. The van der Waals surface area contributed by atoms with Crippen LogP contribution < -0.4 is 0 Å². The molecule has 21 heavy (non-hydrogen) atoms. The molecule has 1 aliphatic heterocycles. The van der Waals surface area contributed by atoms with Crippen LogP contribution in [0.15, 0.2) is 4.52 Å². The van der Waals surface area contributed by atoms with E-state index >= 15 is 0 Å². The Hall–Kier alpha value is -1.43. The van der Waals surface area contributed by atoms with Crippen molar-refractivity contribution in [2.75, 3.05) is 19.7 Å². The SMILES string of the molecule is CCC(=O)N1CC(c2nc(CCOC3CCCC3)no2)C1. The van der Waals surface area contributed by atoms with Crippen LogP contribution in [0.5, 0.6) is 0 Å². The van der Waals surface area contributed by atoms with E-state index in [0.29, 0.717) is 50.4 Å². The van der Waals surface area contributed by atoms with Crippen molar-refractivity contribution in [1.82, 2.24) is 15.0 Å². The molecule has 0 bridgehead atoms. The molecule has 1 saturated carbocycles. The van der Waals surface area contributed by atoms with Crippen LogP contribution in [0.4, 0.5) is 0 Å². The van der Waals surface area contributed by atoms with Gasteiger partial charge in [0.25, 0.3) is 0 Å². The van der Waals surface area contributed by atoms with Crippen molar-refractivity contribution < 1.29 is 14.1 Å². The van der Waals surface area contributed by atoms with Gasteiger partial charge in [-0.25, -0.2) is 0 Å². The molecule has 2 fully saturated rings. The zero-order valence-electron chi connectivity index (χ0n) is 12.6. The lowest BCUT2D eigenvalue weighted by Crippen LogP contribution is -2.48. The highest BCUT2D eigenvalue weighted by Gasteiger charge is 2.34. The van der Waals surface area contributed by atoms with Gasteiger partial charge in [-0.3, -0.25) is 4.79 Å². The zero-order valence-corrected chi connectivity index (χ0v) is 12.6. The highest BCUT2D eigenvalue weighted by atomic mass is 16.5. The quantitative estimate of drug-likeness (QED) is 0.801. The summed E-state index contributed by atoms with van der Waals surface area (Å²) in [7, 11) is 0. The van der Waals surface area contributed by atoms with Gasteiger partial charge in [0, 0.05) is 25.9 Å². The minimum Gasteiger partial charge on any atom is -0.378 e. The molecule has 2 aliphatic rings. The number of aromatic nitrogens is 2. The van der Waals surface area contributed by atoms with Crippen molar-refractivity contribution in [1.29, 1.82) is 0 Å². The summed E-state index contributed by atoms with van der Waals surface area (Å²) in [4.78, 5) is 17.7. The molecule has 0 N–H and O–H groups in total. The lowest BCUT2D eigenvalue weighted by Gasteiger charge is -2.36. The Morgan fingerprint density at radius 2 is 2.14 bits per heavy atom. The summed E-state index contributed by atoms with van der Waals surface area (Å²) in [6.07, 6.45) is 6.61. The second kappa shape index (κ2) is 6.56. The fourth-order valence-electron chi connectivity index (χ4n) is 2.97. The van der Waals surface area contributed by atoms with Crippen LogP contribution in [-0.2, 0) is 16.0 Å². The largest absolute Gasteiger partial charge is 0.378 e. The lowest BCUT2D eigenvalue weighted by atomic mass is 10.00. The maximum atomic E-state index is 11.5. The highest BCUT2D eigenvalue weighted by molar-refractivity contribution is 5.76. The van der Waals surface area contributed by atoms with Crippen molar-refractivity contribution >= 4 is 5.91 Å². The van der Waals surface area contributed by atoms with Gasteiger partial charge in [-0.1, -0.05) is 24.9 Å². The minimum atomic E-state index is 0.191. The summed E-state index contributed by atoms with van der Waals surface area (Å²) in [5.74, 6) is 1.77. The van der Waals surface area contributed by atoms with Crippen LogP contribution in [0.3, 0.4) is 0 Å². The van der Waals surface area contributed by atoms with Crippen molar-refractivity contribution in [2.45, 2.75) is 57.5 Å². The van der Waals surface area contributed by atoms with E-state index in [1.165, 1.54) is 25.7 Å². The number of rotatable bonds is 6. The van der Waals surface area contributed by atoms with Gasteiger partial charge < -0.3 is 14.2 Å². The first kappa shape index (κ1) is 14.5. The first-order valence-corrected chi connectivity index (χ1v) is 7.98. The molecular formula is C15H23N3O3. The summed E-state index contributed by atoms with van der Waals surface area (Å²) in [6.45, 7) is 3.94. The Morgan fingerprint density at radius 3 is 2.86 bits per heavy atom. The van der Waals surface area contributed by atoms with Crippen LogP contribution in [0, 0.1) is 0 Å². The maximum Gasteiger partial charge on any atom is 0.233 e. The predicted molar refractivity (Wildman–Crippen MR) is 75.8 cm³/mol. The monoisotopic (exact) mass is 293 g/mol. The number of carbonyl (C=O) groups excluding carboxylic acids is 1.